The maximum absolute atomic E-state index is 12.5. The molecule has 0 spiro atoms. The van der Waals surface area contributed by atoms with Gasteiger partial charge in [0.05, 0.1) is 0 Å². The van der Waals surface area contributed by atoms with Crippen molar-refractivity contribution in [3.63, 3.8) is 0 Å². The Kier molecular flexibility index (Phi) is 5.56. The second kappa shape index (κ2) is 8.26. The second-order valence-electron chi connectivity index (χ2n) is 8.20. The van der Waals surface area contributed by atoms with Gasteiger partial charge in [0.25, 0.3) is 0 Å². The first-order valence-electron chi connectivity index (χ1n) is 10.6. The molecule has 1 aliphatic heterocycles. The van der Waals surface area contributed by atoms with Gasteiger partial charge in [-0.1, -0.05) is 43.2 Å². The highest BCUT2D eigenvalue weighted by molar-refractivity contribution is 5.75. The summed E-state index contributed by atoms with van der Waals surface area (Å²) in [6, 6.07) is 15.9. The summed E-state index contributed by atoms with van der Waals surface area (Å²) in [7, 11) is 0. The second-order valence-corrected chi connectivity index (χ2v) is 8.20. The Morgan fingerprint density at radius 2 is 1.61 bits per heavy atom. The quantitative estimate of drug-likeness (QED) is 0.838. The predicted molar refractivity (Wildman–Crippen MR) is 116 cm³/mol. The van der Waals surface area contributed by atoms with Gasteiger partial charge in [0, 0.05) is 37.9 Å². The lowest BCUT2D eigenvalue weighted by atomic mass is 9.97. The third kappa shape index (κ3) is 4.01. The van der Waals surface area contributed by atoms with Crippen LogP contribution in [0.3, 0.4) is 0 Å². The molecule has 0 unspecified atom stereocenters. The van der Waals surface area contributed by atoms with E-state index >= 15 is 0 Å². The normalized spacial score (nSPS) is 17.8. The summed E-state index contributed by atoms with van der Waals surface area (Å²) in [6.45, 7) is 7.71. The number of amides is 2. The van der Waals surface area contributed by atoms with Crippen LogP contribution in [0.15, 0.2) is 42.5 Å². The van der Waals surface area contributed by atoms with Crippen molar-refractivity contribution in [2.75, 3.05) is 31.1 Å². The lowest BCUT2D eigenvalue weighted by molar-refractivity contribution is 0.190. The van der Waals surface area contributed by atoms with Crippen LogP contribution < -0.4 is 10.2 Å². The molecule has 1 saturated carbocycles. The topological polar surface area (TPSA) is 35.6 Å². The molecule has 1 heterocycles. The zero-order valence-corrected chi connectivity index (χ0v) is 17.1. The summed E-state index contributed by atoms with van der Waals surface area (Å²) in [4.78, 5) is 16.8. The maximum Gasteiger partial charge on any atom is 0.317 e. The third-order valence-electron chi connectivity index (χ3n) is 6.40. The summed E-state index contributed by atoms with van der Waals surface area (Å²) < 4.78 is 0. The van der Waals surface area contributed by atoms with Crippen LogP contribution in [0.1, 0.15) is 36.8 Å². The lowest BCUT2D eigenvalue weighted by Gasteiger charge is -2.36. The van der Waals surface area contributed by atoms with Gasteiger partial charge in [-0.05, 0) is 61.1 Å². The van der Waals surface area contributed by atoms with Crippen LogP contribution in [0.5, 0.6) is 0 Å². The molecular formula is C24H31N3O. The highest BCUT2D eigenvalue weighted by Crippen LogP contribution is 2.28. The van der Waals surface area contributed by atoms with Crippen LogP contribution in [0, 0.1) is 13.8 Å². The van der Waals surface area contributed by atoms with Gasteiger partial charge in [0.1, 0.15) is 0 Å². The zero-order chi connectivity index (χ0) is 19.5. The largest absolute Gasteiger partial charge is 0.368 e. The van der Waals surface area contributed by atoms with E-state index in [0.29, 0.717) is 6.04 Å². The number of nitrogens with zero attached hydrogens (tertiary/aromatic N) is 2. The molecule has 2 aliphatic rings. The first kappa shape index (κ1) is 18.9. The maximum atomic E-state index is 12.5. The van der Waals surface area contributed by atoms with Gasteiger partial charge in [-0.2, -0.15) is 0 Å². The van der Waals surface area contributed by atoms with E-state index in [4.69, 9.17) is 0 Å². The summed E-state index contributed by atoms with van der Waals surface area (Å²) in [5.74, 6) is 0. The number of rotatable bonds is 3. The molecule has 4 nitrogen and oxygen atoms in total. The highest BCUT2D eigenvalue weighted by atomic mass is 16.2. The van der Waals surface area contributed by atoms with Crippen LogP contribution in [-0.4, -0.2) is 43.2 Å². The average Bonchev–Trinajstić information content (AvgIpc) is 3.23. The molecule has 0 bridgehead atoms. The van der Waals surface area contributed by atoms with Crippen molar-refractivity contribution in [3.8, 4) is 11.1 Å². The minimum absolute atomic E-state index is 0.122. The molecule has 2 fully saturated rings. The number of benzene rings is 2. The van der Waals surface area contributed by atoms with Crippen molar-refractivity contribution in [2.45, 2.75) is 45.6 Å². The number of urea groups is 1. The van der Waals surface area contributed by atoms with Gasteiger partial charge in [-0.15, -0.1) is 0 Å². The first-order chi connectivity index (χ1) is 13.6. The summed E-state index contributed by atoms with van der Waals surface area (Å²) in [5, 5.41) is 3.21. The average molecular weight is 378 g/mol. The van der Waals surface area contributed by atoms with E-state index in [2.05, 4.69) is 66.5 Å². The van der Waals surface area contributed by atoms with Crippen molar-refractivity contribution in [2.24, 2.45) is 0 Å². The van der Waals surface area contributed by atoms with Gasteiger partial charge < -0.3 is 15.1 Å². The molecule has 1 N–H and O–H groups in total. The third-order valence-corrected chi connectivity index (χ3v) is 6.40. The Hall–Kier alpha value is -2.49. The zero-order valence-electron chi connectivity index (χ0n) is 17.1. The van der Waals surface area contributed by atoms with Gasteiger partial charge >= 0.3 is 6.03 Å². The molecule has 28 heavy (non-hydrogen) atoms. The van der Waals surface area contributed by atoms with E-state index < -0.39 is 0 Å². The smallest absolute Gasteiger partial charge is 0.317 e. The molecule has 2 amide bonds. The van der Waals surface area contributed by atoms with E-state index in [9.17, 15) is 4.79 Å². The van der Waals surface area contributed by atoms with Gasteiger partial charge in [-0.25, -0.2) is 4.79 Å². The molecule has 0 radical (unpaired) electrons. The summed E-state index contributed by atoms with van der Waals surface area (Å²) in [5.41, 5.74) is 6.48. The van der Waals surface area contributed by atoms with Crippen LogP contribution in [0.2, 0.25) is 0 Å². The van der Waals surface area contributed by atoms with Crippen molar-refractivity contribution < 1.29 is 4.79 Å². The Morgan fingerprint density at radius 3 is 2.29 bits per heavy atom. The number of piperazine rings is 1. The molecule has 0 atom stereocenters. The van der Waals surface area contributed by atoms with E-state index in [-0.39, 0.29) is 6.03 Å². The van der Waals surface area contributed by atoms with Crippen LogP contribution in [0.4, 0.5) is 10.5 Å². The SMILES string of the molecule is Cc1cccc(-c2ccc(N3CCN(C(=O)NC4CCCC4)CC3)cc2)c1C. The lowest BCUT2D eigenvalue weighted by Crippen LogP contribution is -2.53. The molecule has 0 aromatic heterocycles. The molecule has 4 rings (SSSR count). The summed E-state index contributed by atoms with van der Waals surface area (Å²) >= 11 is 0. The standard InChI is InChI=1S/C24H31N3O/c1-18-6-5-9-23(19(18)2)20-10-12-22(13-11-20)26-14-16-27(17-15-26)24(28)25-21-7-3-4-8-21/h5-6,9-13,21H,3-4,7-8,14-17H2,1-2H3,(H,25,28). The highest BCUT2D eigenvalue weighted by Gasteiger charge is 2.24. The Morgan fingerprint density at radius 1 is 0.929 bits per heavy atom. The van der Waals surface area contributed by atoms with Crippen LogP contribution in [-0.2, 0) is 0 Å². The Labute approximate surface area is 168 Å². The molecule has 4 heteroatoms. The molecular weight excluding hydrogens is 346 g/mol. The van der Waals surface area contributed by atoms with Crippen molar-refractivity contribution in [1.29, 1.82) is 0 Å². The van der Waals surface area contributed by atoms with E-state index in [0.717, 1.165) is 39.0 Å². The van der Waals surface area contributed by atoms with E-state index in [1.807, 2.05) is 4.90 Å². The number of carbonyl (C=O) groups is 1. The van der Waals surface area contributed by atoms with Gasteiger partial charge in [0.2, 0.25) is 0 Å². The van der Waals surface area contributed by atoms with Crippen LogP contribution >= 0.6 is 0 Å². The monoisotopic (exact) mass is 377 g/mol. The van der Waals surface area contributed by atoms with Crippen molar-refractivity contribution in [3.05, 3.63) is 53.6 Å². The van der Waals surface area contributed by atoms with E-state index in [1.54, 1.807) is 0 Å². The van der Waals surface area contributed by atoms with Crippen molar-refractivity contribution >= 4 is 11.7 Å². The predicted octanol–water partition coefficient (Wildman–Crippen LogP) is 4.74. The number of hydrogen-bond acceptors (Lipinski definition) is 2. The number of nitrogens with one attached hydrogen (secondary N) is 1. The summed E-state index contributed by atoms with van der Waals surface area (Å²) in [6.07, 6.45) is 4.77. The Balaban J connectivity index is 1.36. The fraction of sp³-hybridized carbons (Fsp3) is 0.458. The molecule has 2 aromatic rings. The fourth-order valence-electron chi connectivity index (χ4n) is 4.42. The van der Waals surface area contributed by atoms with Crippen molar-refractivity contribution in [1.82, 2.24) is 10.2 Å². The minimum Gasteiger partial charge on any atom is -0.368 e. The van der Waals surface area contributed by atoms with Gasteiger partial charge in [0.15, 0.2) is 0 Å². The molecule has 2 aromatic carbocycles. The molecule has 1 saturated heterocycles. The number of hydrogen-bond donors (Lipinski definition) is 1. The molecule has 148 valence electrons. The fourth-order valence-corrected chi connectivity index (χ4v) is 4.42. The minimum atomic E-state index is 0.122. The number of aryl methyl sites for hydroxylation is 1. The van der Waals surface area contributed by atoms with Gasteiger partial charge in [-0.3, -0.25) is 0 Å². The Bertz CT molecular complexity index is 816. The van der Waals surface area contributed by atoms with Crippen LogP contribution in [0.25, 0.3) is 11.1 Å². The number of anilines is 1. The number of carbonyl (C=O) groups excluding carboxylic acids is 1. The first-order valence-corrected chi connectivity index (χ1v) is 10.6. The molecule has 1 aliphatic carbocycles. The van der Waals surface area contributed by atoms with E-state index in [1.165, 1.54) is 40.8 Å².